The van der Waals surface area contributed by atoms with E-state index in [0.29, 0.717) is 6.54 Å². The Kier molecular flexibility index (Phi) is 5.55. The lowest BCUT2D eigenvalue weighted by Gasteiger charge is -2.15. The molecule has 0 aliphatic heterocycles. The Morgan fingerprint density at radius 1 is 1.05 bits per heavy atom. The van der Waals surface area contributed by atoms with Crippen LogP contribution in [-0.2, 0) is 11.3 Å². The quantitative estimate of drug-likeness (QED) is 0.861. The molecule has 4 nitrogen and oxygen atoms in total. The predicted molar refractivity (Wildman–Crippen MR) is 87.6 cm³/mol. The van der Waals surface area contributed by atoms with Crippen molar-refractivity contribution >= 4 is 5.91 Å². The molecular formula is C18H22N2O2. The van der Waals surface area contributed by atoms with Crippen molar-refractivity contribution in [1.29, 1.82) is 0 Å². The molecule has 2 aromatic rings. The minimum atomic E-state index is -0.194. The number of hydrogen-bond acceptors (Lipinski definition) is 3. The minimum Gasteiger partial charge on any atom is -0.457 e. The van der Waals surface area contributed by atoms with Crippen LogP contribution in [0.5, 0.6) is 11.5 Å². The predicted octanol–water partition coefficient (Wildman–Crippen LogP) is 3.08. The summed E-state index contributed by atoms with van der Waals surface area (Å²) in [6.07, 6.45) is 0. The fraction of sp³-hybridized carbons (Fsp3) is 0.278. The lowest BCUT2D eigenvalue weighted by atomic mass is 10.0. The highest BCUT2D eigenvalue weighted by atomic mass is 16.5. The third kappa shape index (κ3) is 4.60. The maximum Gasteiger partial charge on any atom is 0.224 e. The summed E-state index contributed by atoms with van der Waals surface area (Å²) in [7, 11) is 0. The van der Waals surface area contributed by atoms with Crippen molar-refractivity contribution in [2.45, 2.75) is 26.4 Å². The summed E-state index contributed by atoms with van der Waals surface area (Å²) < 4.78 is 5.72. The number of carbonyl (C=O) groups is 1. The van der Waals surface area contributed by atoms with Crippen LogP contribution in [0.3, 0.4) is 0 Å². The molecule has 2 unspecified atom stereocenters. The van der Waals surface area contributed by atoms with Crippen molar-refractivity contribution in [1.82, 2.24) is 5.32 Å². The molecule has 0 saturated heterocycles. The van der Waals surface area contributed by atoms with Crippen molar-refractivity contribution < 1.29 is 9.53 Å². The molecule has 2 aromatic carbocycles. The Hall–Kier alpha value is -2.33. The van der Waals surface area contributed by atoms with E-state index in [-0.39, 0.29) is 17.9 Å². The zero-order valence-electron chi connectivity index (χ0n) is 13.0. The molecule has 22 heavy (non-hydrogen) atoms. The van der Waals surface area contributed by atoms with Crippen LogP contribution in [0.15, 0.2) is 54.6 Å². The lowest BCUT2D eigenvalue weighted by molar-refractivity contribution is -0.125. The topological polar surface area (TPSA) is 64.4 Å². The van der Waals surface area contributed by atoms with Crippen LogP contribution in [-0.4, -0.2) is 11.9 Å². The second-order valence-corrected chi connectivity index (χ2v) is 5.42. The number of nitrogens with two attached hydrogens (primary N) is 1. The van der Waals surface area contributed by atoms with Gasteiger partial charge in [0.15, 0.2) is 0 Å². The van der Waals surface area contributed by atoms with Gasteiger partial charge in [0, 0.05) is 18.5 Å². The first-order valence-electron chi connectivity index (χ1n) is 7.41. The van der Waals surface area contributed by atoms with Gasteiger partial charge in [-0.25, -0.2) is 0 Å². The average molecular weight is 298 g/mol. The van der Waals surface area contributed by atoms with Crippen LogP contribution in [0.2, 0.25) is 0 Å². The first kappa shape index (κ1) is 16.0. The second-order valence-electron chi connectivity index (χ2n) is 5.42. The molecule has 2 rings (SSSR count). The Morgan fingerprint density at radius 3 is 2.23 bits per heavy atom. The summed E-state index contributed by atoms with van der Waals surface area (Å²) >= 11 is 0. The monoisotopic (exact) mass is 298 g/mol. The van der Waals surface area contributed by atoms with Gasteiger partial charge in [0.2, 0.25) is 5.91 Å². The normalized spacial score (nSPS) is 13.2. The van der Waals surface area contributed by atoms with E-state index in [4.69, 9.17) is 10.5 Å². The van der Waals surface area contributed by atoms with Gasteiger partial charge in [-0.1, -0.05) is 37.3 Å². The molecule has 0 aromatic heterocycles. The van der Waals surface area contributed by atoms with Gasteiger partial charge in [0.1, 0.15) is 11.5 Å². The maximum atomic E-state index is 11.9. The van der Waals surface area contributed by atoms with Crippen molar-refractivity contribution in [3.05, 3.63) is 60.2 Å². The molecule has 3 N–H and O–H groups in total. The first-order chi connectivity index (χ1) is 10.6. The summed E-state index contributed by atoms with van der Waals surface area (Å²) in [6.45, 7) is 4.15. The number of ether oxygens (including phenoxy) is 1. The third-order valence-electron chi connectivity index (χ3n) is 3.57. The van der Waals surface area contributed by atoms with Crippen molar-refractivity contribution in [3.8, 4) is 11.5 Å². The van der Waals surface area contributed by atoms with Crippen molar-refractivity contribution in [2.24, 2.45) is 11.7 Å². The Balaban J connectivity index is 1.88. The largest absolute Gasteiger partial charge is 0.457 e. The number of carbonyl (C=O) groups excluding carboxylic acids is 1. The van der Waals surface area contributed by atoms with Crippen LogP contribution >= 0.6 is 0 Å². The summed E-state index contributed by atoms with van der Waals surface area (Å²) in [6, 6.07) is 17.1. The van der Waals surface area contributed by atoms with E-state index in [1.54, 1.807) is 0 Å². The van der Waals surface area contributed by atoms with E-state index in [2.05, 4.69) is 5.32 Å². The zero-order valence-corrected chi connectivity index (χ0v) is 13.0. The molecule has 0 radical (unpaired) electrons. The smallest absolute Gasteiger partial charge is 0.224 e. The number of nitrogens with one attached hydrogen (secondary N) is 1. The Labute approximate surface area is 131 Å². The summed E-state index contributed by atoms with van der Waals surface area (Å²) in [5.74, 6) is 1.35. The van der Waals surface area contributed by atoms with Gasteiger partial charge in [-0.05, 0) is 36.8 Å². The van der Waals surface area contributed by atoms with Crippen LogP contribution in [0, 0.1) is 5.92 Å². The van der Waals surface area contributed by atoms with Gasteiger partial charge in [-0.15, -0.1) is 0 Å². The van der Waals surface area contributed by atoms with Crippen molar-refractivity contribution in [3.63, 3.8) is 0 Å². The standard InChI is InChI=1S/C18H22N2O2/c1-13(14(2)19)18(21)20-12-15-8-10-17(11-9-15)22-16-6-4-3-5-7-16/h3-11,13-14H,12,19H2,1-2H3,(H,20,21). The van der Waals surface area contributed by atoms with Crippen LogP contribution in [0.1, 0.15) is 19.4 Å². The number of hydrogen-bond donors (Lipinski definition) is 2. The molecule has 0 aliphatic rings. The van der Waals surface area contributed by atoms with Gasteiger partial charge >= 0.3 is 0 Å². The fourth-order valence-electron chi connectivity index (χ4n) is 1.89. The van der Waals surface area contributed by atoms with Gasteiger partial charge in [-0.3, -0.25) is 4.79 Å². The number of rotatable bonds is 6. The van der Waals surface area contributed by atoms with E-state index in [1.165, 1.54) is 0 Å². The van der Waals surface area contributed by atoms with E-state index in [1.807, 2.05) is 68.4 Å². The SMILES string of the molecule is CC(N)C(C)C(=O)NCc1ccc(Oc2ccccc2)cc1. The van der Waals surface area contributed by atoms with Crippen molar-refractivity contribution in [2.75, 3.05) is 0 Å². The molecule has 2 atom stereocenters. The summed E-state index contributed by atoms with van der Waals surface area (Å²) in [5, 5.41) is 2.89. The highest BCUT2D eigenvalue weighted by Gasteiger charge is 2.16. The first-order valence-corrected chi connectivity index (χ1v) is 7.41. The van der Waals surface area contributed by atoms with E-state index in [9.17, 15) is 4.79 Å². The molecule has 0 saturated carbocycles. The fourth-order valence-corrected chi connectivity index (χ4v) is 1.89. The highest BCUT2D eigenvalue weighted by molar-refractivity contribution is 5.78. The maximum absolute atomic E-state index is 11.9. The summed E-state index contributed by atoms with van der Waals surface area (Å²) in [4.78, 5) is 11.9. The highest BCUT2D eigenvalue weighted by Crippen LogP contribution is 2.21. The average Bonchev–Trinajstić information content (AvgIpc) is 2.54. The molecule has 4 heteroatoms. The Morgan fingerprint density at radius 2 is 1.64 bits per heavy atom. The van der Waals surface area contributed by atoms with Crippen LogP contribution in [0.4, 0.5) is 0 Å². The summed E-state index contributed by atoms with van der Waals surface area (Å²) in [5.41, 5.74) is 6.74. The number of para-hydroxylation sites is 1. The van der Waals surface area contributed by atoms with Gasteiger partial charge < -0.3 is 15.8 Å². The Bertz CT molecular complexity index is 594. The molecule has 0 aliphatic carbocycles. The van der Waals surface area contributed by atoms with E-state index >= 15 is 0 Å². The van der Waals surface area contributed by atoms with Crippen LogP contribution < -0.4 is 15.8 Å². The molecule has 1 amide bonds. The van der Waals surface area contributed by atoms with Gasteiger partial charge in [0.05, 0.1) is 0 Å². The minimum absolute atomic E-state index is 0.0281. The van der Waals surface area contributed by atoms with E-state index in [0.717, 1.165) is 17.1 Å². The van der Waals surface area contributed by atoms with Gasteiger partial charge in [-0.2, -0.15) is 0 Å². The molecule has 0 fully saturated rings. The molecule has 0 heterocycles. The molecule has 116 valence electrons. The number of benzene rings is 2. The molecule has 0 bridgehead atoms. The third-order valence-corrected chi connectivity index (χ3v) is 3.57. The lowest BCUT2D eigenvalue weighted by Crippen LogP contribution is -2.38. The zero-order chi connectivity index (χ0) is 15.9. The van der Waals surface area contributed by atoms with E-state index < -0.39 is 0 Å². The van der Waals surface area contributed by atoms with Crippen LogP contribution in [0.25, 0.3) is 0 Å². The van der Waals surface area contributed by atoms with Gasteiger partial charge in [0.25, 0.3) is 0 Å². The molecular weight excluding hydrogens is 276 g/mol. The molecule has 0 spiro atoms. The second kappa shape index (κ2) is 7.61. The number of amides is 1.